The fourth-order valence-electron chi connectivity index (χ4n) is 1.23. The Balaban J connectivity index is 2.56. The van der Waals surface area contributed by atoms with Crippen LogP contribution in [0.4, 0.5) is 0 Å². The molecular weight excluding hydrogens is 212 g/mol. The molecule has 1 aromatic heterocycles. The highest BCUT2D eigenvalue weighted by molar-refractivity contribution is 7.98. The van der Waals surface area contributed by atoms with Gasteiger partial charge in [-0.05, 0) is 24.7 Å². The first kappa shape index (κ1) is 12.2. The summed E-state index contributed by atoms with van der Waals surface area (Å²) in [5.41, 5.74) is 0.697. The normalized spacial score (nSPS) is 10.9. The standard InChI is InChI=1S/C11H16O3S/c1-7(2)5-15-6-9-4-8(3)10(14-9)11(12)13/h4,7H,5-6H2,1-3H3,(H,12,13). The minimum Gasteiger partial charge on any atom is -0.475 e. The van der Waals surface area contributed by atoms with Crippen molar-refractivity contribution in [3.63, 3.8) is 0 Å². The summed E-state index contributed by atoms with van der Waals surface area (Å²) in [6.45, 7) is 6.07. The van der Waals surface area contributed by atoms with Gasteiger partial charge in [0, 0.05) is 5.56 Å². The molecule has 0 saturated carbocycles. The van der Waals surface area contributed by atoms with Crippen LogP contribution in [0.15, 0.2) is 10.5 Å². The van der Waals surface area contributed by atoms with Crippen LogP contribution in [0.1, 0.15) is 35.7 Å². The van der Waals surface area contributed by atoms with Crippen LogP contribution in [0.3, 0.4) is 0 Å². The number of carboxylic acids is 1. The molecule has 0 unspecified atom stereocenters. The molecule has 0 aliphatic heterocycles. The maximum atomic E-state index is 10.7. The Hall–Kier alpha value is -0.900. The van der Waals surface area contributed by atoms with E-state index in [0.29, 0.717) is 11.5 Å². The molecule has 0 fully saturated rings. The first-order valence-electron chi connectivity index (χ1n) is 4.91. The van der Waals surface area contributed by atoms with Gasteiger partial charge < -0.3 is 9.52 Å². The van der Waals surface area contributed by atoms with E-state index in [9.17, 15) is 4.79 Å². The molecule has 0 spiro atoms. The summed E-state index contributed by atoms with van der Waals surface area (Å²) in [7, 11) is 0. The molecule has 0 atom stereocenters. The van der Waals surface area contributed by atoms with Gasteiger partial charge in [0.25, 0.3) is 0 Å². The van der Waals surface area contributed by atoms with Gasteiger partial charge in [0.05, 0.1) is 5.75 Å². The number of aromatic carboxylic acids is 1. The third kappa shape index (κ3) is 3.63. The lowest BCUT2D eigenvalue weighted by Gasteiger charge is -2.01. The monoisotopic (exact) mass is 228 g/mol. The van der Waals surface area contributed by atoms with E-state index < -0.39 is 5.97 Å². The lowest BCUT2D eigenvalue weighted by Crippen LogP contribution is -1.95. The van der Waals surface area contributed by atoms with E-state index in [1.165, 1.54) is 0 Å². The molecule has 84 valence electrons. The van der Waals surface area contributed by atoms with Crippen molar-refractivity contribution in [3.8, 4) is 0 Å². The zero-order valence-electron chi connectivity index (χ0n) is 9.24. The Morgan fingerprint density at radius 3 is 2.73 bits per heavy atom. The summed E-state index contributed by atoms with van der Waals surface area (Å²) in [4.78, 5) is 10.7. The van der Waals surface area contributed by atoms with Crippen molar-refractivity contribution >= 4 is 17.7 Å². The van der Waals surface area contributed by atoms with Gasteiger partial charge in [-0.2, -0.15) is 11.8 Å². The number of thioether (sulfide) groups is 1. The zero-order valence-corrected chi connectivity index (χ0v) is 10.1. The largest absolute Gasteiger partial charge is 0.475 e. The van der Waals surface area contributed by atoms with E-state index in [4.69, 9.17) is 9.52 Å². The first-order valence-corrected chi connectivity index (χ1v) is 6.06. The molecule has 1 N–H and O–H groups in total. The van der Waals surface area contributed by atoms with E-state index in [0.717, 1.165) is 17.3 Å². The number of hydrogen-bond acceptors (Lipinski definition) is 3. The SMILES string of the molecule is Cc1cc(CSCC(C)C)oc1C(=O)O. The number of rotatable bonds is 5. The molecule has 4 heteroatoms. The minimum atomic E-state index is -0.993. The van der Waals surface area contributed by atoms with Crippen LogP contribution < -0.4 is 0 Å². The van der Waals surface area contributed by atoms with E-state index in [-0.39, 0.29) is 5.76 Å². The van der Waals surface area contributed by atoms with Gasteiger partial charge >= 0.3 is 5.97 Å². The zero-order chi connectivity index (χ0) is 11.4. The van der Waals surface area contributed by atoms with Gasteiger partial charge in [-0.3, -0.25) is 0 Å². The molecule has 1 rings (SSSR count). The predicted octanol–water partition coefficient (Wildman–Crippen LogP) is 3.18. The molecule has 0 bridgehead atoms. The second-order valence-corrected chi connectivity index (χ2v) is 4.97. The van der Waals surface area contributed by atoms with Crippen LogP contribution in [-0.2, 0) is 5.75 Å². The summed E-state index contributed by atoms with van der Waals surface area (Å²) in [6, 6.07) is 1.80. The van der Waals surface area contributed by atoms with Gasteiger partial charge in [-0.15, -0.1) is 0 Å². The second kappa shape index (κ2) is 5.26. The van der Waals surface area contributed by atoms with Crippen molar-refractivity contribution in [2.75, 3.05) is 5.75 Å². The molecule has 0 aliphatic rings. The molecule has 0 radical (unpaired) electrons. The highest BCUT2D eigenvalue weighted by atomic mass is 32.2. The molecular formula is C11H16O3S. The summed E-state index contributed by atoms with van der Waals surface area (Å²) in [5.74, 6) is 2.26. The fraction of sp³-hybridized carbons (Fsp3) is 0.545. The number of hydrogen-bond donors (Lipinski definition) is 1. The van der Waals surface area contributed by atoms with E-state index in [1.807, 2.05) is 0 Å². The van der Waals surface area contributed by atoms with Gasteiger partial charge in [-0.1, -0.05) is 13.8 Å². The third-order valence-electron chi connectivity index (χ3n) is 1.86. The topological polar surface area (TPSA) is 50.4 Å². The van der Waals surface area contributed by atoms with Gasteiger partial charge in [0.2, 0.25) is 5.76 Å². The van der Waals surface area contributed by atoms with E-state index in [1.54, 1.807) is 24.8 Å². The summed E-state index contributed by atoms with van der Waals surface area (Å²) in [6.07, 6.45) is 0. The Kier molecular flexibility index (Phi) is 4.27. The highest BCUT2D eigenvalue weighted by Gasteiger charge is 2.13. The third-order valence-corrected chi connectivity index (χ3v) is 3.25. The molecule has 15 heavy (non-hydrogen) atoms. The van der Waals surface area contributed by atoms with Crippen LogP contribution in [0, 0.1) is 12.8 Å². The average Bonchev–Trinajstić information content (AvgIpc) is 2.46. The summed E-state index contributed by atoms with van der Waals surface area (Å²) >= 11 is 1.76. The molecule has 1 aromatic rings. The smallest absolute Gasteiger partial charge is 0.372 e. The fourth-order valence-corrected chi connectivity index (χ4v) is 2.16. The van der Waals surface area contributed by atoms with E-state index >= 15 is 0 Å². The van der Waals surface area contributed by atoms with Crippen molar-refractivity contribution in [1.29, 1.82) is 0 Å². The van der Waals surface area contributed by atoms with Crippen molar-refractivity contribution in [1.82, 2.24) is 0 Å². The van der Waals surface area contributed by atoms with Crippen LogP contribution in [0.5, 0.6) is 0 Å². The second-order valence-electron chi connectivity index (χ2n) is 3.94. The molecule has 3 nitrogen and oxygen atoms in total. The average molecular weight is 228 g/mol. The molecule has 0 aliphatic carbocycles. The summed E-state index contributed by atoms with van der Waals surface area (Å²) < 4.78 is 5.24. The Bertz CT molecular complexity index is 342. The number of carboxylic acid groups (broad SMARTS) is 1. The molecule has 0 amide bonds. The maximum absolute atomic E-state index is 10.7. The van der Waals surface area contributed by atoms with Crippen molar-refractivity contribution in [2.45, 2.75) is 26.5 Å². The molecule has 1 heterocycles. The lowest BCUT2D eigenvalue weighted by atomic mass is 10.3. The Morgan fingerprint density at radius 1 is 1.60 bits per heavy atom. The van der Waals surface area contributed by atoms with Crippen molar-refractivity contribution < 1.29 is 14.3 Å². The van der Waals surface area contributed by atoms with Gasteiger partial charge in [0.1, 0.15) is 5.76 Å². The first-order chi connectivity index (χ1) is 7.00. The van der Waals surface area contributed by atoms with Crippen LogP contribution in [0.25, 0.3) is 0 Å². The quantitative estimate of drug-likeness (QED) is 0.841. The van der Waals surface area contributed by atoms with Crippen LogP contribution in [0.2, 0.25) is 0 Å². The minimum absolute atomic E-state index is 0.0650. The van der Waals surface area contributed by atoms with Crippen LogP contribution >= 0.6 is 11.8 Å². The molecule has 0 aromatic carbocycles. The van der Waals surface area contributed by atoms with Crippen LogP contribution in [-0.4, -0.2) is 16.8 Å². The van der Waals surface area contributed by atoms with E-state index in [2.05, 4.69) is 13.8 Å². The number of aryl methyl sites for hydroxylation is 1. The van der Waals surface area contributed by atoms with Crippen molar-refractivity contribution in [2.24, 2.45) is 5.92 Å². The lowest BCUT2D eigenvalue weighted by molar-refractivity contribution is 0.0659. The maximum Gasteiger partial charge on any atom is 0.372 e. The predicted molar refractivity (Wildman–Crippen MR) is 61.4 cm³/mol. The number of carbonyl (C=O) groups is 1. The van der Waals surface area contributed by atoms with Gasteiger partial charge in [-0.25, -0.2) is 4.79 Å². The Labute approximate surface area is 93.9 Å². The summed E-state index contributed by atoms with van der Waals surface area (Å²) in [5, 5.41) is 8.79. The number of furan rings is 1. The Morgan fingerprint density at radius 2 is 2.27 bits per heavy atom. The van der Waals surface area contributed by atoms with Crippen molar-refractivity contribution in [3.05, 3.63) is 23.2 Å². The molecule has 0 saturated heterocycles. The highest BCUT2D eigenvalue weighted by Crippen LogP contribution is 2.20. The van der Waals surface area contributed by atoms with Gasteiger partial charge in [0.15, 0.2) is 0 Å².